The van der Waals surface area contributed by atoms with Gasteiger partial charge in [0.2, 0.25) is 0 Å². The average molecular weight is 184 g/mol. The highest BCUT2D eigenvalue weighted by Gasteiger charge is 1.99. The third-order valence-corrected chi connectivity index (χ3v) is 2.42. The number of thioether (sulfide) groups is 1. The summed E-state index contributed by atoms with van der Waals surface area (Å²) in [6, 6.07) is 7.19. The molecular formula is C9H9FOS. The highest BCUT2D eigenvalue weighted by atomic mass is 32.2. The molecule has 12 heavy (non-hydrogen) atoms. The number of aldehydes is 1. The van der Waals surface area contributed by atoms with Crippen LogP contribution < -0.4 is 0 Å². The molecule has 0 fully saturated rings. The Morgan fingerprint density at radius 1 is 1.42 bits per heavy atom. The fraction of sp³-hybridized carbons (Fsp3) is 0.222. The van der Waals surface area contributed by atoms with Gasteiger partial charge < -0.3 is 0 Å². The van der Waals surface area contributed by atoms with E-state index in [0.717, 1.165) is 11.2 Å². The van der Waals surface area contributed by atoms with E-state index in [2.05, 4.69) is 0 Å². The summed E-state index contributed by atoms with van der Waals surface area (Å²) < 4.78 is 11.8. The Kier molecular flexibility index (Phi) is 3.80. The molecule has 0 aliphatic rings. The first-order chi connectivity index (χ1) is 5.88. The molecule has 0 aromatic heterocycles. The molecule has 0 radical (unpaired) electrons. The molecular weight excluding hydrogens is 175 g/mol. The molecule has 0 atom stereocenters. The molecule has 1 nitrogen and oxygen atoms in total. The van der Waals surface area contributed by atoms with Gasteiger partial charge >= 0.3 is 0 Å². The van der Waals surface area contributed by atoms with Crippen LogP contribution in [0.1, 0.15) is 10.4 Å². The van der Waals surface area contributed by atoms with Crippen molar-refractivity contribution in [3.63, 3.8) is 0 Å². The van der Waals surface area contributed by atoms with Crippen LogP contribution in [0.3, 0.4) is 0 Å². The molecule has 0 saturated carbocycles. The van der Waals surface area contributed by atoms with E-state index in [9.17, 15) is 9.18 Å². The van der Waals surface area contributed by atoms with Crippen molar-refractivity contribution in [1.82, 2.24) is 0 Å². The van der Waals surface area contributed by atoms with Gasteiger partial charge in [0.15, 0.2) is 6.29 Å². The van der Waals surface area contributed by atoms with Crippen LogP contribution in [0.15, 0.2) is 29.2 Å². The quantitative estimate of drug-likeness (QED) is 0.528. The van der Waals surface area contributed by atoms with E-state index in [4.69, 9.17) is 0 Å². The lowest BCUT2D eigenvalue weighted by molar-refractivity contribution is 0.112. The number of hydrogen-bond acceptors (Lipinski definition) is 2. The molecule has 0 spiro atoms. The van der Waals surface area contributed by atoms with Gasteiger partial charge in [-0.1, -0.05) is 18.2 Å². The summed E-state index contributed by atoms with van der Waals surface area (Å²) in [5, 5.41) is 0. The van der Waals surface area contributed by atoms with Crippen molar-refractivity contribution in [2.75, 3.05) is 12.4 Å². The van der Waals surface area contributed by atoms with E-state index in [-0.39, 0.29) is 6.67 Å². The maximum Gasteiger partial charge on any atom is 0.151 e. The number of carbonyl (C=O) groups excluding carboxylic acids is 1. The van der Waals surface area contributed by atoms with Gasteiger partial charge in [0, 0.05) is 16.2 Å². The summed E-state index contributed by atoms with van der Waals surface area (Å²) >= 11 is 1.37. The first-order valence-electron chi connectivity index (χ1n) is 3.61. The molecule has 0 heterocycles. The second-order valence-electron chi connectivity index (χ2n) is 2.19. The van der Waals surface area contributed by atoms with Crippen LogP contribution in [0.25, 0.3) is 0 Å². The first kappa shape index (κ1) is 9.26. The standard InChI is InChI=1S/C9H9FOS/c10-5-6-12-9-4-2-1-3-8(9)7-11/h1-4,7H,5-6H2. The van der Waals surface area contributed by atoms with E-state index in [1.807, 2.05) is 12.1 Å². The zero-order valence-corrected chi connectivity index (χ0v) is 7.31. The van der Waals surface area contributed by atoms with Gasteiger partial charge in [0.1, 0.15) is 0 Å². The molecule has 1 aromatic carbocycles. The van der Waals surface area contributed by atoms with Crippen molar-refractivity contribution in [2.45, 2.75) is 4.90 Å². The zero-order chi connectivity index (χ0) is 8.81. The van der Waals surface area contributed by atoms with Crippen molar-refractivity contribution in [1.29, 1.82) is 0 Å². The molecule has 64 valence electrons. The minimum atomic E-state index is -0.363. The number of carbonyl (C=O) groups is 1. The molecule has 0 aliphatic heterocycles. The van der Waals surface area contributed by atoms with Crippen molar-refractivity contribution in [3.05, 3.63) is 29.8 Å². The molecule has 0 amide bonds. The SMILES string of the molecule is O=Cc1ccccc1SCCF. The van der Waals surface area contributed by atoms with Crippen molar-refractivity contribution in [3.8, 4) is 0 Å². The minimum Gasteiger partial charge on any atom is -0.298 e. The molecule has 1 aromatic rings. The Labute approximate surface area is 75.0 Å². The van der Waals surface area contributed by atoms with Crippen LogP contribution in [0.2, 0.25) is 0 Å². The van der Waals surface area contributed by atoms with Crippen LogP contribution in [0.5, 0.6) is 0 Å². The number of benzene rings is 1. The van der Waals surface area contributed by atoms with Crippen LogP contribution in [0.4, 0.5) is 4.39 Å². The predicted octanol–water partition coefficient (Wildman–Crippen LogP) is 2.56. The van der Waals surface area contributed by atoms with Gasteiger partial charge in [0.05, 0.1) is 6.67 Å². The molecule has 0 saturated heterocycles. The number of alkyl halides is 1. The average Bonchev–Trinajstić information content (AvgIpc) is 2.15. The monoisotopic (exact) mass is 184 g/mol. The lowest BCUT2D eigenvalue weighted by atomic mass is 10.2. The van der Waals surface area contributed by atoms with Crippen molar-refractivity contribution >= 4 is 18.0 Å². The maximum absolute atomic E-state index is 11.8. The third kappa shape index (κ3) is 2.34. The molecule has 0 bridgehead atoms. The van der Waals surface area contributed by atoms with Gasteiger partial charge in [-0.25, -0.2) is 0 Å². The molecule has 0 N–H and O–H groups in total. The summed E-state index contributed by atoms with van der Waals surface area (Å²) in [6.07, 6.45) is 0.792. The predicted molar refractivity (Wildman–Crippen MR) is 48.5 cm³/mol. The largest absolute Gasteiger partial charge is 0.298 e. The Morgan fingerprint density at radius 3 is 2.83 bits per heavy atom. The van der Waals surface area contributed by atoms with Crippen LogP contribution in [-0.4, -0.2) is 18.7 Å². The van der Waals surface area contributed by atoms with Crippen molar-refractivity contribution in [2.24, 2.45) is 0 Å². The van der Waals surface area contributed by atoms with E-state index >= 15 is 0 Å². The highest BCUT2D eigenvalue weighted by Crippen LogP contribution is 2.20. The smallest absolute Gasteiger partial charge is 0.151 e. The van der Waals surface area contributed by atoms with E-state index < -0.39 is 0 Å². The summed E-state index contributed by atoms with van der Waals surface area (Å²) in [5.74, 6) is 0.408. The summed E-state index contributed by atoms with van der Waals surface area (Å²) in [5.41, 5.74) is 0.635. The zero-order valence-electron chi connectivity index (χ0n) is 6.50. The van der Waals surface area contributed by atoms with Crippen molar-refractivity contribution < 1.29 is 9.18 Å². The second kappa shape index (κ2) is 4.93. The van der Waals surface area contributed by atoms with Gasteiger partial charge in [-0.3, -0.25) is 9.18 Å². The minimum absolute atomic E-state index is 0.363. The molecule has 0 unspecified atom stereocenters. The van der Waals surface area contributed by atoms with Gasteiger partial charge in [-0.15, -0.1) is 11.8 Å². The van der Waals surface area contributed by atoms with Crippen LogP contribution in [-0.2, 0) is 0 Å². The first-order valence-corrected chi connectivity index (χ1v) is 4.60. The van der Waals surface area contributed by atoms with Gasteiger partial charge in [-0.05, 0) is 6.07 Å². The summed E-state index contributed by atoms with van der Waals surface area (Å²) in [4.78, 5) is 11.3. The summed E-state index contributed by atoms with van der Waals surface area (Å²) in [7, 11) is 0. The van der Waals surface area contributed by atoms with Gasteiger partial charge in [0.25, 0.3) is 0 Å². The Bertz CT molecular complexity index is 262. The number of hydrogen-bond donors (Lipinski definition) is 0. The third-order valence-electron chi connectivity index (χ3n) is 1.38. The summed E-state index contributed by atoms with van der Waals surface area (Å²) in [6.45, 7) is -0.363. The molecule has 0 aliphatic carbocycles. The Hall–Kier alpha value is -0.830. The molecule has 1 rings (SSSR count). The fourth-order valence-corrected chi connectivity index (χ4v) is 1.61. The Balaban J connectivity index is 2.75. The van der Waals surface area contributed by atoms with E-state index in [1.54, 1.807) is 12.1 Å². The number of rotatable bonds is 4. The Morgan fingerprint density at radius 2 is 2.17 bits per heavy atom. The topological polar surface area (TPSA) is 17.1 Å². The normalized spacial score (nSPS) is 9.75. The van der Waals surface area contributed by atoms with E-state index in [1.165, 1.54) is 11.8 Å². The number of halogens is 1. The maximum atomic E-state index is 11.8. The lowest BCUT2D eigenvalue weighted by Crippen LogP contribution is -1.86. The van der Waals surface area contributed by atoms with Crippen LogP contribution >= 0.6 is 11.8 Å². The van der Waals surface area contributed by atoms with Gasteiger partial charge in [-0.2, -0.15) is 0 Å². The highest BCUT2D eigenvalue weighted by molar-refractivity contribution is 7.99. The van der Waals surface area contributed by atoms with Crippen LogP contribution in [0, 0.1) is 0 Å². The second-order valence-corrected chi connectivity index (χ2v) is 3.33. The van der Waals surface area contributed by atoms with E-state index in [0.29, 0.717) is 11.3 Å². The lowest BCUT2D eigenvalue weighted by Gasteiger charge is -2.00. The molecule has 3 heteroatoms. The fourth-order valence-electron chi connectivity index (χ4n) is 0.858.